The van der Waals surface area contributed by atoms with E-state index < -0.39 is 47.4 Å². The molecule has 206 valence electrons. The molecule has 0 saturated carbocycles. The molecule has 1 saturated heterocycles. The number of halogens is 6. The van der Waals surface area contributed by atoms with Crippen LogP contribution in [0.15, 0.2) is 58.7 Å². The van der Waals surface area contributed by atoms with E-state index in [1.54, 1.807) is 6.34 Å². The molecule has 4 atom stereocenters. The van der Waals surface area contributed by atoms with E-state index in [2.05, 4.69) is 21.9 Å². The van der Waals surface area contributed by atoms with Crippen LogP contribution >= 0.6 is 0 Å². The van der Waals surface area contributed by atoms with Crippen LogP contribution in [0.25, 0.3) is 0 Å². The topological polar surface area (TPSA) is 72.7 Å². The van der Waals surface area contributed by atoms with Gasteiger partial charge in [-0.15, -0.1) is 0 Å². The van der Waals surface area contributed by atoms with Gasteiger partial charge in [-0.3, -0.25) is 5.43 Å². The lowest BCUT2D eigenvalue weighted by atomic mass is 9.74. The van der Waals surface area contributed by atoms with Gasteiger partial charge in [-0.05, 0) is 43.4 Å². The van der Waals surface area contributed by atoms with E-state index >= 15 is 0 Å². The molecule has 1 aromatic rings. The van der Waals surface area contributed by atoms with Crippen LogP contribution in [0.3, 0.4) is 0 Å². The Labute approximate surface area is 217 Å². The van der Waals surface area contributed by atoms with Crippen molar-refractivity contribution < 1.29 is 31.1 Å². The number of ether oxygens (including phenoxy) is 1. The quantitative estimate of drug-likeness (QED) is 0.469. The lowest BCUT2D eigenvalue weighted by molar-refractivity contribution is -0.166. The van der Waals surface area contributed by atoms with Gasteiger partial charge in [-0.2, -0.15) is 36.7 Å². The van der Waals surface area contributed by atoms with Crippen LogP contribution < -0.4 is 10.7 Å². The third-order valence-corrected chi connectivity index (χ3v) is 7.65. The summed E-state index contributed by atoms with van der Waals surface area (Å²) in [6, 6.07) is 11.6. The number of allylic oxidation sites excluding steroid dienone is 2. The molecule has 3 aliphatic rings. The lowest BCUT2D eigenvalue weighted by Crippen LogP contribution is -2.64. The zero-order valence-corrected chi connectivity index (χ0v) is 20.7. The second-order valence-corrected chi connectivity index (χ2v) is 10.0. The van der Waals surface area contributed by atoms with E-state index in [9.17, 15) is 31.6 Å². The van der Waals surface area contributed by atoms with Gasteiger partial charge in [0.1, 0.15) is 13.0 Å². The van der Waals surface area contributed by atoms with Gasteiger partial charge in [-0.25, -0.2) is 0 Å². The van der Waals surface area contributed by atoms with Crippen LogP contribution in [0.2, 0.25) is 0 Å². The van der Waals surface area contributed by atoms with Gasteiger partial charge in [0, 0.05) is 12.1 Å². The number of piperidine rings is 1. The monoisotopic (exact) mass is 541 g/mol. The van der Waals surface area contributed by atoms with Crippen molar-refractivity contribution >= 4 is 6.34 Å². The maximum atomic E-state index is 13.4. The van der Waals surface area contributed by atoms with Crippen LogP contribution in [0.1, 0.15) is 38.2 Å². The van der Waals surface area contributed by atoms with Crippen LogP contribution in [-0.2, 0) is 10.3 Å². The van der Waals surface area contributed by atoms with Crippen molar-refractivity contribution in [3.8, 4) is 6.07 Å². The molecule has 12 heteroatoms. The van der Waals surface area contributed by atoms with Gasteiger partial charge < -0.3 is 15.0 Å². The number of hydrazone groups is 1. The fourth-order valence-electron chi connectivity index (χ4n) is 5.23. The summed E-state index contributed by atoms with van der Waals surface area (Å²) in [4.78, 5) is 1.97. The maximum Gasteiger partial charge on any atom is 0.412 e. The minimum atomic E-state index is -4.86. The van der Waals surface area contributed by atoms with Crippen LogP contribution in [-0.4, -0.2) is 55.1 Å². The van der Waals surface area contributed by atoms with Gasteiger partial charge in [-0.1, -0.05) is 36.4 Å². The molecule has 0 bridgehead atoms. The summed E-state index contributed by atoms with van der Waals surface area (Å²) in [5.74, 6) is -2.23. The van der Waals surface area contributed by atoms with Crippen molar-refractivity contribution in [2.24, 2.45) is 11.0 Å². The number of nitriles is 1. The Morgan fingerprint density at radius 1 is 1.18 bits per heavy atom. The summed E-state index contributed by atoms with van der Waals surface area (Å²) in [5, 5.41) is 17.1. The summed E-state index contributed by atoms with van der Waals surface area (Å²) in [6.45, 7) is 2.33. The third kappa shape index (κ3) is 5.83. The van der Waals surface area contributed by atoms with Crippen molar-refractivity contribution in [1.29, 1.82) is 5.26 Å². The van der Waals surface area contributed by atoms with Crippen molar-refractivity contribution in [2.45, 2.75) is 62.1 Å². The minimum absolute atomic E-state index is 0.0103. The largest absolute Gasteiger partial charge is 0.412 e. The van der Waals surface area contributed by atoms with Gasteiger partial charge >= 0.3 is 12.4 Å². The number of hydrogen-bond acceptors (Lipinski definition) is 6. The highest BCUT2D eigenvalue weighted by atomic mass is 19.4. The number of nitrogens with one attached hydrogen (secondary N) is 2. The second-order valence-electron chi connectivity index (χ2n) is 10.0. The molecule has 6 nitrogen and oxygen atoms in total. The summed E-state index contributed by atoms with van der Waals surface area (Å²) in [5.41, 5.74) is 1.10. The van der Waals surface area contributed by atoms with E-state index in [-0.39, 0.29) is 18.6 Å². The number of benzene rings is 1. The first-order valence-corrected chi connectivity index (χ1v) is 12.3. The zero-order valence-electron chi connectivity index (χ0n) is 20.7. The van der Waals surface area contributed by atoms with Crippen molar-refractivity contribution in [1.82, 2.24) is 15.6 Å². The van der Waals surface area contributed by atoms with E-state index in [1.165, 1.54) is 6.92 Å². The molecule has 0 radical (unpaired) electrons. The fourth-order valence-corrected chi connectivity index (χ4v) is 5.23. The van der Waals surface area contributed by atoms with Gasteiger partial charge in [0.15, 0.2) is 0 Å². The molecule has 2 heterocycles. The summed E-state index contributed by atoms with van der Waals surface area (Å²) in [6.07, 6.45) is -7.21. The molecule has 1 aliphatic carbocycles. The predicted molar refractivity (Wildman–Crippen MR) is 128 cm³/mol. The average molecular weight is 542 g/mol. The lowest BCUT2D eigenvalue weighted by Gasteiger charge is -2.50. The highest BCUT2D eigenvalue weighted by Gasteiger charge is 2.48. The predicted octanol–water partition coefficient (Wildman–Crippen LogP) is 5.13. The molecule has 1 fully saturated rings. The Balaban J connectivity index is 1.57. The Morgan fingerprint density at radius 3 is 2.47 bits per heavy atom. The standard InChI is InChI=1S/C26H29F6N5O/c1-18(19-11-21(25(27,28)29)13-22(12-19)26(30,31)32)38-15-24(20-5-3-2-4-6-20)8-7-23(9-10-33,14-34-24)37-16-35-36-17-37/h2-6,11-12,16,18,21,34,36H,7-9,13-15,17H2,1H3/t18-,21?,23+,24-/m1/s1. The SMILES string of the molecule is C[C@@H](OC[C@@]1(c2ccccc2)CC[C@@](CC#N)(N2C=NNC2)CN1)C1=CC(C(F)(F)F)CC(C(F)(F)F)=C1. The Morgan fingerprint density at radius 2 is 1.92 bits per heavy atom. The minimum Gasteiger partial charge on any atom is -0.372 e. The van der Waals surface area contributed by atoms with E-state index in [0.717, 1.165) is 17.7 Å². The summed E-state index contributed by atoms with van der Waals surface area (Å²) < 4.78 is 86.5. The molecular weight excluding hydrogens is 512 g/mol. The molecule has 0 spiro atoms. The third-order valence-electron chi connectivity index (χ3n) is 7.65. The van der Waals surface area contributed by atoms with Crippen LogP contribution in [0.4, 0.5) is 26.3 Å². The smallest absolute Gasteiger partial charge is 0.372 e. The number of nitrogens with zero attached hydrogens (tertiary/aromatic N) is 3. The number of alkyl halides is 6. The first kappa shape index (κ1) is 28.0. The highest BCUT2D eigenvalue weighted by Crippen LogP contribution is 2.43. The molecule has 1 aromatic carbocycles. The van der Waals surface area contributed by atoms with E-state index in [0.29, 0.717) is 26.1 Å². The van der Waals surface area contributed by atoms with E-state index in [4.69, 9.17) is 4.74 Å². The zero-order chi connectivity index (χ0) is 27.6. The van der Waals surface area contributed by atoms with Crippen LogP contribution in [0.5, 0.6) is 0 Å². The molecule has 0 amide bonds. The fraction of sp³-hybridized carbons (Fsp3) is 0.538. The Bertz CT molecular complexity index is 1110. The van der Waals surface area contributed by atoms with Gasteiger partial charge in [0.25, 0.3) is 0 Å². The molecule has 38 heavy (non-hydrogen) atoms. The van der Waals surface area contributed by atoms with Crippen molar-refractivity contribution in [2.75, 3.05) is 19.8 Å². The van der Waals surface area contributed by atoms with Crippen molar-refractivity contribution in [3.63, 3.8) is 0 Å². The van der Waals surface area contributed by atoms with Gasteiger partial charge in [0.05, 0.1) is 42.2 Å². The second kappa shape index (κ2) is 10.6. The summed E-state index contributed by atoms with van der Waals surface area (Å²) >= 11 is 0. The molecule has 1 unspecified atom stereocenters. The number of rotatable bonds is 7. The normalized spacial score (nSPS) is 28.8. The Kier molecular flexibility index (Phi) is 7.81. The van der Waals surface area contributed by atoms with E-state index in [1.807, 2.05) is 35.2 Å². The van der Waals surface area contributed by atoms with Crippen LogP contribution in [0, 0.1) is 17.2 Å². The Hall–Kier alpha value is -3.04. The molecular formula is C26H29F6N5O. The maximum absolute atomic E-state index is 13.4. The molecule has 4 rings (SSSR count). The highest BCUT2D eigenvalue weighted by molar-refractivity contribution is 5.58. The van der Waals surface area contributed by atoms with Crippen molar-refractivity contribution in [3.05, 3.63) is 59.2 Å². The molecule has 2 aliphatic heterocycles. The molecule has 0 aromatic heterocycles. The first-order valence-electron chi connectivity index (χ1n) is 12.3. The number of hydrogen-bond donors (Lipinski definition) is 2. The van der Waals surface area contributed by atoms with Gasteiger partial charge in [0.2, 0.25) is 0 Å². The summed E-state index contributed by atoms with van der Waals surface area (Å²) in [7, 11) is 0. The average Bonchev–Trinajstić information content (AvgIpc) is 3.44. The first-order chi connectivity index (χ1) is 17.9. The molecule has 2 N–H and O–H groups in total.